The summed E-state index contributed by atoms with van der Waals surface area (Å²) in [4.78, 5) is 14.0. The van der Waals surface area contributed by atoms with Crippen LogP contribution in [0.4, 0.5) is 14.5 Å². The number of hydrogen-bond donors (Lipinski definition) is 4. The smallest absolute Gasteiger partial charge is 0.193 e. The number of Topliss-reactive ketones (excluding diaryl/α,β-unsaturated/α-hetero) is 1. The lowest BCUT2D eigenvalue weighted by Gasteiger charge is -2.23. The average Bonchev–Trinajstić information content (AvgIpc) is 2.89. The predicted molar refractivity (Wildman–Crippen MR) is 138 cm³/mol. The highest BCUT2D eigenvalue weighted by atomic mass is 19.1. The van der Waals surface area contributed by atoms with E-state index >= 15 is 0 Å². The monoisotopic (exact) mass is 509 g/mol. The molecular weight excluding hydrogens is 480 g/mol. The van der Waals surface area contributed by atoms with Gasteiger partial charge in [0.2, 0.25) is 0 Å². The third-order valence-corrected chi connectivity index (χ3v) is 5.58. The maximum Gasteiger partial charge on any atom is 0.193 e. The summed E-state index contributed by atoms with van der Waals surface area (Å²) in [5.74, 6) is -1.50. The van der Waals surface area contributed by atoms with E-state index in [2.05, 4.69) is 10.6 Å². The molecule has 194 valence electrons. The number of ether oxygens (including phenoxy) is 2. The van der Waals surface area contributed by atoms with Crippen LogP contribution in [-0.2, 0) is 4.79 Å². The predicted octanol–water partition coefficient (Wildman–Crippen LogP) is 4.55. The Bertz CT molecular complexity index is 1270. The van der Waals surface area contributed by atoms with Crippen molar-refractivity contribution in [3.8, 4) is 11.5 Å². The third kappa shape index (κ3) is 6.92. The molecule has 3 rings (SSSR count). The zero-order valence-corrected chi connectivity index (χ0v) is 20.8. The quantitative estimate of drug-likeness (QED) is 0.162. The molecule has 0 aliphatic carbocycles. The number of carbonyl (C=O) groups excluding carboxylic acids is 1. The Morgan fingerprint density at radius 3 is 2.24 bits per heavy atom. The first-order valence-electron chi connectivity index (χ1n) is 11.5. The van der Waals surface area contributed by atoms with E-state index in [4.69, 9.17) is 14.9 Å². The van der Waals surface area contributed by atoms with Crippen molar-refractivity contribution >= 4 is 17.2 Å². The topological polar surface area (TPSA) is 104 Å². The molecule has 0 saturated heterocycles. The molecule has 1 atom stereocenters. The van der Waals surface area contributed by atoms with E-state index in [-0.39, 0.29) is 30.0 Å². The number of carbonyl (C=O) groups is 1. The Kier molecular flexibility index (Phi) is 9.34. The van der Waals surface area contributed by atoms with Gasteiger partial charge < -0.3 is 25.2 Å². The van der Waals surface area contributed by atoms with Crippen molar-refractivity contribution in [3.05, 3.63) is 101 Å². The van der Waals surface area contributed by atoms with Crippen molar-refractivity contribution in [2.45, 2.75) is 13.0 Å². The van der Waals surface area contributed by atoms with Crippen molar-refractivity contribution < 1.29 is 28.2 Å². The summed E-state index contributed by atoms with van der Waals surface area (Å²) < 4.78 is 39.3. The van der Waals surface area contributed by atoms with Gasteiger partial charge in [-0.15, -0.1) is 0 Å². The van der Waals surface area contributed by atoms with Crippen LogP contribution in [0.3, 0.4) is 0 Å². The van der Waals surface area contributed by atoms with E-state index in [9.17, 15) is 18.7 Å². The van der Waals surface area contributed by atoms with Gasteiger partial charge in [-0.05, 0) is 13.0 Å². The molecule has 0 heterocycles. The van der Waals surface area contributed by atoms with Gasteiger partial charge in [-0.25, -0.2) is 8.78 Å². The number of aliphatic hydroxyl groups is 1. The van der Waals surface area contributed by atoms with Gasteiger partial charge in [0.05, 0.1) is 32.1 Å². The molecule has 9 heteroatoms. The van der Waals surface area contributed by atoms with Crippen LogP contribution in [0.25, 0.3) is 0 Å². The minimum Gasteiger partial charge on any atom is -0.497 e. The van der Waals surface area contributed by atoms with E-state index < -0.39 is 23.5 Å². The van der Waals surface area contributed by atoms with Crippen LogP contribution in [0.2, 0.25) is 0 Å². The van der Waals surface area contributed by atoms with Crippen LogP contribution < -0.4 is 20.1 Å². The molecule has 3 aromatic rings. The minimum absolute atomic E-state index is 0.0617. The molecule has 37 heavy (non-hydrogen) atoms. The first kappa shape index (κ1) is 27.3. The van der Waals surface area contributed by atoms with Crippen molar-refractivity contribution in [2.24, 2.45) is 0 Å². The largest absolute Gasteiger partial charge is 0.497 e. The number of halogens is 2. The number of anilines is 1. The van der Waals surface area contributed by atoms with Gasteiger partial charge >= 0.3 is 0 Å². The number of aryl methyl sites for hydroxylation is 1. The highest BCUT2D eigenvalue weighted by Gasteiger charge is 2.29. The van der Waals surface area contributed by atoms with Crippen molar-refractivity contribution in [3.63, 3.8) is 0 Å². The second-order valence-electron chi connectivity index (χ2n) is 8.19. The van der Waals surface area contributed by atoms with E-state index in [0.29, 0.717) is 28.8 Å². The Morgan fingerprint density at radius 1 is 1.03 bits per heavy atom. The fourth-order valence-corrected chi connectivity index (χ4v) is 3.61. The molecule has 0 amide bonds. The number of methoxy groups -OCH3 is 2. The SMILES string of the molecule is COc1cc(NC(C(=O)/C(=C/NCCO)C(=N)c2ccc(C)cc2)c2ccc(F)cc2F)cc(OC)c1. The van der Waals surface area contributed by atoms with Gasteiger partial charge in [0.25, 0.3) is 0 Å². The molecule has 0 fully saturated rings. The molecule has 3 aromatic carbocycles. The van der Waals surface area contributed by atoms with Gasteiger partial charge in [-0.1, -0.05) is 35.9 Å². The van der Waals surface area contributed by atoms with E-state index in [1.807, 2.05) is 19.1 Å². The van der Waals surface area contributed by atoms with Gasteiger partial charge in [-0.2, -0.15) is 0 Å². The lowest BCUT2D eigenvalue weighted by Crippen LogP contribution is -2.28. The average molecular weight is 510 g/mol. The van der Waals surface area contributed by atoms with Crippen molar-refractivity contribution in [1.29, 1.82) is 5.41 Å². The molecule has 4 N–H and O–H groups in total. The van der Waals surface area contributed by atoms with E-state index in [0.717, 1.165) is 11.6 Å². The normalized spacial score (nSPS) is 12.0. The van der Waals surface area contributed by atoms with Crippen LogP contribution in [-0.4, -0.2) is 44.0 Å². The molecule has 0 aliphatic heterocycles. The zero-order chi connectivity index (χ0) is 26.9. The number of benzene rings is 3. The fourth-order valence-electron chi connectivity index (χ4n) is 3.61. The number of rotatable bonds is 12. The standard InChI is InChI=1S/C28H29F2N3O4/c1-17-4-6-18(7-5-17)26(31)24(16-32-10-11-34)28(35)27(23-9-8-19(29)12-25(23)30)33-20-13-21(36-2)15-22(14-20)37-3/h4-9,12-16,27,31-34H,10-11H2,1-3H3/b24-16+,31-26?. The van der Waals surface area contributed by atoms with Crippen LogP contribution >= 0.6 is 0 Å². The highest BCUT2D eigenvalue weighted by Crippen LogP contribution is 2.31. The number of ketones is 1. The summed E-state index contributed by atoms with van der Waals surface area (Å²) in [7, 11) is 2.94. The number of nitrogens with one attached hydrogen (secondary N) is 3. The Labute approximate surface area is 214 Å². The molecule has 7 nitrogen and oxygen atoms in total. The molecule has 0 spiro atoms. The molecule has 0 aromatic heterocycles. The molecular formula is C28H29F2N3O4. The minimum atomic E-state index is -1.34. The maximum absolute atomic E-state index is 15.0. The number of aliphatic hydroxyl groups excluding tert-OH is 1. The highest BCUT2D eigenvalue weighted by molar-refractivity contribution is 6.29. The van der Waals surface area contributed by atoms with E-state index in [1.165, 1.54) is 26.5 Å². The zero-order valence-electron chi connectivity index (χ0n) is 20.8. The second-order valence-corrected chi connectivity index (χ2v) is 8.19. The Morgan fingerprint density at radius 2 is 1.68 bits per heavy atom. The van der Waals surface area contributed by atoms with Crippen LogP contribution in [0.1, 0.15) is 22.7 Å². The fraction of sp³-hybridized carbons (Fsp3) is 0.214. The first-order valence-corrected chi connectivity index (χ1v) is 11.5. The Hall–Kier alpha value is -4.24. The van der Waals surface area contributed by atoms with Crippen LogP contribution in [0.15, 0.2) is 72.4 Å². The first-order chi connectivity index (χ1) is 17.8. The van der Waals surface area contributed by atoms with Gasteiger partial charge in [-0.3, -0.25) is 10.2 Å². The number of hydrogen-bond acceptors (Lipinski definition) is 7. The summed E-state index contributed by atoms with van der Waals surface area (Å²) >= 11 is 0. The summed E-state index contributed by atoms with van der Waals surface area (Å²) in [6.07, 6.45) is 1.32. The van der Waals surface area contributed by atoms with Gasteiger partial charge in [0.1, 0.15) is 29.2 Å². The molecule has 0 aliphatic rings. The van der Waals surface area contributed by atoms with Crippen molar-refractivity contribution in [1.82, 2.24) is 5.32 Å². The summed E-state index contributed by atoms with van der Waals surface area (Å²) in [6, 6.07) is 13.5. The second kappa shape index (κ2) is 12.6. The molecule has 0 bridgehead atoms. The summed E-state index contributed by atoms with van der Waals surface area (Å²) in [5.41, 5.74) is 1.55. The van der Waals surface area contributed by atoms with Gasteiger partial charge in [0, 0.05) is 53.8 Å². The van der Waals surface area contributed by atoms with Crippen molar-refractivity contribution in [2.75, 3.05) is 32.7 Å². The van der Waals surface area contributed by atoms with Crippen LogP contribution in [0.5, 0.6) is 11.5 Å². The maximum atomic E-state index is 15.0. The van der Waals surface area contributed by atoms with E-state index in [1.54, 1.807) is 30.3 Å². The summed E-state index contributed by atoms with van der Waals surface area (Å²) in [5, 5.41) is 23.8. The van der Waals surface area contributed by atoms with Crippen LogP contribution in [0, 0.1) is 24.0 Å². The lowest BCUT2D eigenvalue weighted by molar-refractivity contribution is -0.116. The molecule has 0 radical (unpaired) electrons. The molecule has 0 saturated carbocycles. The summed E-state index contributed by atoms with van der Waals surface area (Å²) in [6.45, 7) is 1.83. The third-order valence-electron chi connectivity index (χ3n) is 5.58. The molecule has 1 unspecified atom stereocenters. The lowest BCUT2D eigenvalue weighted by atomic mass is 9.91. The Balaban J connectivity index is 2.11. The van der Waals surface area contributed by atoms with Gasteiger partial charge in [0.15, 0.2) is 5.78 Å².